The summed E-state index contributed by atoms with van der Waals surface area (Å²) < 4.78 is 5.32. The molecule has 0 aliphatic rings. The van der Waals surface area contributed by atoms with E-state index in [1.54, 1.807) is 12.3 Å². The van der Waals surface area contributed by atoms with E-state index in [1.165, 1.54) is 0 Å². The molecule has 0 aromatic carbocycles. The smallest absolute Gasteiger partial charge is 0.257 e. The number of nitrogens with one attached hydrogen (secondary N) is 2. The lowest BCUT2D eigenvalue weighted by molar-refractivity contribution is -0.123. The van der Waals surface area contributed by atoms with Crippen LogP contribution in [0.2, 0.25) is 0 Å². The maximum Gasteiger partial charge on any atom is 0.257 e. The maximum absolute atomic E-state index is 11.4. The zero-order valence-corrected chi connectivity index (χ0v) is 12.6. The summed E-state index contributed by atoms with van der Waals surface area (Å²) in [5.41, 5.74) is 0.932. The minimum atomic E-state index is -0.243. The van der Waals surface area contributed by atoms with Gasteiger partial charge in [-0.2, -0.15) is 5.26 Å². The van der Waals surface area contributed by atoms with Gasteiger partial charge in [0.15, 0.2) is 6.61 Å². The number of carbonyl (C=O) groups is 1. The molecule has 21 heavy (non-hydrogen) atoms. The van der Waals surface area contributed by atoms with E-state index in [4.69, 9.17) is 10.00 Å². The van der Waals surface area contributed by atoms with E-state index in [1.807, 2.05) is 12.1 Å². The van der Waals surface area contributed by atoms with Crippen molar-refractivity contribution < 1.29 is 9.53 Å². The second kappa shape index (κ2) is 9.72. The molecule has 1 aromatic rings. The van der Waals surface area contributed by atoms with Gasteiger partial charge < -0.3 is 15.4 Å². The molecule has 6 heteroatoms. The molecule has 0 aliphatic heterocycles. The van der Waals surface area contributed by atoms with Gasteiger partial charge in [0.25, 0.3) is 5.91 Å². The third-order valence-corrected chi connectivity index (χ3v) is 2.59. The molecule has 0 atom stereocenters. The van der Waals surface area contributed by atoms with Crippen molar-refractivity contribution in [2.45, 2.75) is 26.8 Å². The van der Waals surface area contributed by atoms with E-state index < -0.39 is 0 Å². The fourth-order valence-electron chi connectivity index (χ4n) is 1.55. The van der Waals surface area contributed by atoms with Crippen molar-refractivity contribution in [2.24, 2.45) is 5.92 Å². The van der Waals surface area contributed by atoms with Gasteiger partial charge in [0, 0.05) is 13.1 Å². The Morgan fingerprint density at radius 1 is 1.48 bits per heavy atom. The van der Waals surface area contributed by atoms with Crippen LogP contribution in [0.3, 0.4) is 0 Å². The molecule has 0 radical (unpaired) electrons. The minimum absolute atomic E-state index is 0.0714. The van der Waals surface area contributed by atoms with Crippen molar-refractivity contribution >= 4 is 5.91 Å². The van der Waals surface area contributed by atoms with Crippen LogP contribution in [-0.2, 0) is 11.3 Å². The Hall–Kier alpha value is -2.13. The summed E-state index contributed by atoms with van der Waals surface area (Å²) >= 11 is 0. The molecule has 0 saturated heterocycles. The molecule has 114 valence electrons. The lowest BCUT2D eigenvalue weighted by Crippen LogP contribution is -2.29. The average Bonchev–Trinajstić information content (AvgIpc) is 2.46. The van der Waals surface area contributed by atoms with Crippen molar-refractivity contribution in [1.82, 2.24) is 15.6 Å². The van der Waals surface area contributed by atoms with Gasteiger partial charge in [-0.05, 0) is 24.6 Å². The summed E-state index contributed by atoms with van der Waals surface area (Å²) in [4.78, 5) is 15.7. The molecule has 0 unspecified atom stereocenters. The lowest BCUT2D eigenvalue weighted by atomic mass is 10.2. The number of hydrogen-bond donors (Lipinski definition) is 2. The second-order valence-electron chi connectivity index (χ2n) is 5.06. The van der Waals surface area contributed by atoms with Crippen molar-refractivity contribution in [2.75, 3.05) is 19.7 Å². The number of carbonyl (C=O) groups excluding carboxylic acids is 1. The number of pyridine rings is 1. The zero-order chi connectivity index (χ0) is 15.5. The van der Waals surface area contributed by atoms with Crippen LogP contribution in [0, 0.1) is 17.2 Å². The fourth-order valence-corrected chi connectivity index (χ4v) is 1.55. The van der Waals surface area contributed by atoms with E-state index in [0.717, 1.165) is 12.2 Å². The number of amides is 1. The summed E-state index contributed by atoms with van der Waals surface area (Å²) in [7, 11) is 0. The predicted molar refractivity (Wildman–Crippen MR) is 79.5 cm³/mol. The third kappa shape index (κ3) is 7.90. The van der Waals surface area contributed by atoms with E-state index in [2.05, 4.69) is 29.5 Å². The molecule has 1 aromatic heterocycles. The Labute approximate surface area is 125 Å². The van der Waals surface area contributed by atoms with Crippen LogP contribution in [0.25, 0.3) is 0 Å². The van der Waals surface area contributed by atoms with Gasteiger partial charge in [-0.25, -0.2) is 0 Å². The first kappa shape index (κ1) is 16.9. The predicted octanol–water partition coefficient (Wildman–Crippen LogP) is 1.24. The molecule has 0 fully saturated rings. The molecular formula is C15H22N4O2. The van der Waals surface area contributed by atoms with Gasteiger partial charge >= 0.3 is 0 Å². The third-order valence-electron chi connectivity index (χ3n) is 2.59. The van der Waals surface area contributed by atoms with Gasteiger partial charge in [-0.3, -0.25) is 9.78 Å². The Morgan fingerprint density at radius 2 is 2.29 bits per heavy atom. The molecule has 1 heterocycles. The highest BCUT2D eigenvalue weighted by Crippen LogP contribution is 2.08. The van der Waals surface area contributed by atoms with E-state index in [0.29, 0.717) is 31.2 Å². The Morgan fingerprint density at radius 3 is 2.90 bits per heavy atom. The summed E-state index contributed by atoms with van der Waals surface area (Å²) in [5, 5.41) is 14.3. The first-order valence-corrected chi connectivity index (χ1v) is 7.04. The highest BCUT2D eigenvalue weighted by molar-refractivity contribution is 5.77. The van der Waals surface area contributed by atoms with Gasteiger partial charge in [0.2, 0.25) is 0 Å². The zero-order valence-electron chi connectivity index (χ0n) is 12.6. The van der Waals surface area contributed by atoms with Crippen molar-refractivity contribution in [3.05, 3.63) is 24.0 Å². The minimum Gasteiger partial charge on any atom is -0.482 e. The van der Waals surface area contributed by atoms with Crippen LogP contribution in [0.15, 0.2) is 18.3 Å². The number of nitrogens with zero attached hydrogens (tertiary/aromatic N) is 2. The molecule has 0 saturated carbocycles. The van der Waals surface area contributed by atoms with Crippen LogP contribution in [0.1, 0.15) is 26.0 Å². The van der Waals surface area contributed by atoms with Crippen molar-refractivity contribution in [1.29, 1.82) is 5.26 Å². The maximum atomic E-state index is 11.4. The first-order valence-electron chi connectivity index (χ1n) is 7.04. The fraction of sp³-hybridized carbons (Fsp3) is 0.533. The summed E-state index contributed by atoms with van der Waals surface area (Å²) in [6.07, 6.45) is 1.90. The number of hydrogen-bond acceptors (Lipinski definition) is 5. The Balaban J connectivity index is 2.27. The van der Waals surface area contributed by atoms with Crippen LogP contribution < -0.4 is 15.4 Å². The molecule has 6 nitrogen and oxygen atoms in total. The summed E-state index contributed by atoms with van der Waals surface area (Å²) in [5.74, 6) is 0.915. The lowest BCUT2D eigenvalue weighted by Gasteiger charge is -2.08. The van der Waals surface area contributed by atoms with Gasteiger partial charge in [0.05, 0.1) is 24.4 Å². The largest absolute Gasteiger partial charge is 0.482 e. The molecule has 2 N–H and O–H groups in total. The second-order valence-corrected chi connectivity index (χ2v) is 5.06. The number of nitriles is 1. The van der Waals surface area contributed by atoms with Gasteiger partial charge in [0.1, 0.15) is 5.75 Å². The van der Waals surface area contributed by atoms with E-state index >= 15 is 0 Å². The van der Waals surface area contributed by atoms with Crippen LogP contribution in [0.5, 0.6) is 5.75 Å². The summed E-state index contributed by atoms with van der Waals surface area (Å²) in [6.45, 7) is 6.24. The average molecular weight is 290 g/mol. The molecule has 1 rings (SSSR count). The normalized spacial score (nSPS) is 10.2. The Bertz CT molecular complexity index is 466. The Kier molecular flexibility index (Phi) is 7.84. The van der Waals surface area contributed by atoms with Crippen LogP contribution >= 0.6 is 0 Å². The number of aromatic nitrogens is 1. The molecule has 0 bridgehead atoms. The van der Waals surface area contributed by atoms with E-state index in [-0.39, 0.29) is 12.5 Å². The highest BCUT2D eigenvalue weighted by Gasteiger charge is 2.03. The van der Waals surface area contributed by atoms with Crippen LogP contribution in [0.4, 0.5) is 0 Å². The quantitative estimate of drug-likeness (QED) is 0.668. The van der Waals surface area contributed by atoms with Gasteiger partial charge in [-0.15, -0.1) is 0 Å². The summed E-state index contributed by atoms with van der Waals surface area (Å²) in [6, 6.07) is 5.62. The van der Waals surface area contributed by atoms with E-state index in [9.17, 15) is 4.79 Å². The van der Waals surface area contributed by atoms with Crippen molar-refractivity contribution in [3.8, 4) is 11.8 Å². The van der Waals surface area contributed by atoms with Crippen molar-refractivity contribution in [3.63, 3.8) is 0 Å². The number of ether oxygens (including phenoxy) is 1. The van der Waals surface area contributed by atoms with Crippen LogP contribution in [-0.4, -0.2) is 30.6 Å². The molecular weight excluding hydrogens is 268 g/mol. The molecule has 0 spiro atoms. The molecule has 0 aliphatic carbocycles. The van der Waals surface area contributed by atoms with Gasteiger partial charge in [-0.1, -0.05) is 13.8 Å². The topological polar surface area (TPSA) is 87.0 Å². The molecule has 1 amide bonds. The SMILES string of the molecule is CC(C)CNCc1ccc(OCC(=O)NCCC#N)cn1. The highest BCUT2D eigenvalue weighted by atomic mass is 16.5. The standard InChI is InChI=1S/C15H22N4O2/c1-12(2)8-17-9-13-4-5-14(10-19-13)21-11-15(20)18-7-3-6-16/h4-5,10,12,17H,3,7-9,11H2,1-2H3,(H,18,20). The first-order chi connectivity index (χ1) is 10.1. The monoisotopic (exact) mass is 290 g/mol. The number of rotatable bonds is 9.